The third-order valence-corrected chi connectivity index (χ3v) is 6.53. The second kappa shape index (κ2) is 13.0. The Bertz CT molecular complexity index is 1270. The maximum Gasteiger partial charge on any atom is 0.295 e. The summed E-state index contributed by atoms with van der Waals surface area (Å²) in [4.78, 5) is 28.2. The van der Waals surface area contributed by atoms with Crippen molar-refractivity contribution >= 4 is 17.4 Å². The molecule has 0 aromatic heterocycles. The van der Waals surface area contributed by atoms with Crippen molar-refractivity contribution in [2.24, 2.45) is 0 Å². The molecule has 1 saturated heterocycles. The Morgan fingerprint density at radius 3 is 2.26 bits per heavy atom. The van der Waals surface area contributed by atoms with Gasteiger partial charge in [0.15, 0.2) is 0 Å². The summed E-state index contributed by atoms with van der Waals surface area (Å²) in [6, 6.07) is 23.1. The predicted octanol–water partition coefficient (Wildman–Crippen LogP) is 6.67. The summed E-state index contributed by atoms with van der Waals surface area (Å²) in [7, 11) is 0. The number of ketones is 1. The van der Waals surface area contributed by atoms with E-state index in [1.54, 1.807) is 24.3 Å². The highest BCUT2D eigenvalue weighted by atomic mass is 16.5. The first kappa shape index (κ1) is 27.0. The van der Waals surface area contributed by atoms with E-state index in [0.29, 0.717) is 35.8 Å². The summed E-state index contributed by atoms with van der Waals surface area (Å²) in [5.74, 6) is -0.208. The van der Waals surface area contributed by atoms with E-state index < -0.39 is 17.7 Å². The minimum atomic E-state index is -0.759. The summed E-state index contributed by atoms with van der Waals surface area (Å²) < 4.78 is 11.6. The van der Waals surface area contributed by atoms with Crippen LogP contribution in [0.2, 0.25) is 0 Å². The van der Waals surface area contributed by atoms with Crippen LogP contribution in [-0.2, 0) is 16.1 Å². The molecule has 1 atom stereocenters. The third-order valence-electron chi connectivity index (χ3n) is 6.53. The van der Waals surface area contributed by atoms with Crippen LogP contribution in [0.1, 0.15) is 62.3 Å². The molecule has 1 heterocycles. The number of carbonyl (C=O) groups excluding carboxylic acids is 2. The topological polar surface area (TPSA) is 76.1 Å². The average Bonchev–Trinajstić information content (AvgIpc) is 3.20. The lowest BCUT2D eigenvalue weighted by Gasteiger charge is -2.26. The van der Waals surface area contributed by atoms with Gasteiger partial charge >= 0.3 is 0 Å². The number of nitrogens with zero attached hydrogens (tertiary/aromatic N) is 1. The lowest BCUT2D eigenvalue weighted by Crippen LogP contribution is -2.29. The molecule has 0 bridgehead atoms. The number of unbranched alkanes of at least 4 members (excludes halogenated alkanes) is 2. The molecule has 3 aromatic carbocycles. The van der Waals surface area contributed by atoms with E-state index in [2.05, 4.69) is 6.92 Å². The molecule has 6 nitrogen and oxygen atoms in total. The zero-order valence-corrected chi connectivity index (χ0v) is 22.1. The van der Waals surface area contributed by atoms with Crippen molar-refractivity contribution in [3.05, 3.63) is 101 Å². The number of likely N-dealkylation sites (tertiary alicyclic amines) is 1. The second-order valence-electron chi connectivity index (χ2n) is 9.41. The lowest BCUT2D eigenvalue weighted by atomic mass is 9.95. The molecule has 1 aliphatic heterocycles. The number of rotatable bonds is 12. The van der Waals surface area contributed by atoms with E-state index in [-0.39, 0.29) is 17.9 Å². The number of ether oxygens (including phenoxy) is 2. The van der Waals surface area contributed by atoms with Crippen LogP contribution in [0.25, 0.3) is 5.76 Å². The Morgan fingerprint density at radius 2 is 1.55 bits per heavy atom. The summed E-state index contributed by atoms with van der Waals surface area (Å²) in [5.41, 5.74) is 2.11. The molecule has 38 heavy (non-hydrogen) atoms. The minimum absolute atomic E-state index is 0.0660. The first-order valence-corrected chi connectivity index (χ1v) is 13.3. The van der Waals surface area contributed by atoms with Gasteiger partial charge in [0, 0.05) is 12.1 Å². The van der Waals surface area contributed by atoms with Gasteiger partial charge in [0.05, 0.1) is 24.8 Å². The minimum Gasteiger partial charge on any atom is -0.507 e. The third kappa shape index (κ3) is 6.25. The first-order chi connectivity index (χ1) is 18.5. The van der Waals surface area contributed by atoms with Crippen LogP contribution in [0.4, 0.5) is 0 Å². The molecular formula is C32H35NO5. The van der Waals surface area contributed by atoms with Gasteiger partial charge in [-0.2, -0.15) is 0 Å². The van der Waals surface area contributed by atoms with E-state index in [0.717, 1.165) is 31.2 Å². The van der Waals surface area contributed by atoms with Gasteiger partial charge in [-0.05, 0) is 60.4 Å². The lowest BCUT2D eigenvalue weighted by molar-refractivity contribution is -0.140. The van der Waals surface area contributed by atoms with E-state index in [1.165, 1.54) is 4.90 Å². The van der Waals surface area contributed by atoms with Gasteiger partial charge in [-0.1, -0.05) is 69.2 Å². The van der Waals surface area contributed by atoms with Crippen LogP contribution < -0.4 is 9.47 Å². The molecule has 6 heteroatoms. The van der Waals surface area contributed by atoms with E-state index in [4.69, 9.17) is 9.47 Å². The quantitative estimate of drug-likeness (QED) is 0.127. The Kier molecular flexibility index (Phi) is 9.20. The summed E-state index contributed by atoms with van der Waals surface area (Å²) in [5, 5.41) is 11.4. The van der Waals surface area contributed by atoms with Crippen molar-refractivity contribution in [1.82, 2.24) is 4.90 Å². The van der Waals surface area contributed by atoms with Gasteiger partial charge in [0.2, 0.25) is 0 Å². The molecule has 3 aromatic rings. The Balaban J connectivity index is 1.73. The molecule has 1 fully saturated rings. The molecule has 4 rings (SSSR count). The van der Waals surface area contributed by atoms with Crippen LogP contribution in [0.15, 0.2) is 84.4 Å². The van der Waals surface area contributed by atoms with Crippen molar-refractivity contribution in [1.29, 1.82) is 0 Å². The molecular weight excluding hydrogens is 478 g/mol. The number of hydrogen-bond acceptors (Lipinski definition) is 5. The highest BCUT2D eigenvalue weighted by Gasteiger charge is 2.46. The van der Waals surface area contributed by atoms with Gasteiger partial charge in [-0.3, -0.25) is 9.59 Å². The van der Waals surface area contributed by atoms with Gasteiger partial charge in [-0.25, -0.2) is 0 Å². The highest BCUT2D eigenvalue weighted by molar-refractivity contribution is 6.46. The molecule has 0 radical (unpaired) electrons. The van der Waals surface area contributed by atoms with E-state index in [1.807, 2.05) is 61.5 Å². The summed E-state index contributed by atoms with van der Waals surface area (Å²) >= 11 is 0. The number of Topliss-reactive ketones (excluding diaryl/α,β-unsaturated/α-hetero) is 1. The molecule has 198 valence electrons. The standard InChI is InChI=1S/C32H35NO5/c1-3-5-9-20-38-27-14-10-13-25(21-27)29-28(30(34)24-15-17-26(18-16-24)37-19-4-2)31(35)32(36)33(29)22-23-11-7-6-8-12-23/h6-8,10-18,21,29,34H,3-5,9,19-20,22H2,1-2H3/b30-28+. The normalized spacial score (nSPS) is 16.6. The van der Waals surface area contributed by atoms with Gasteiger partial charge in [0.1, 0.15) is 17.3 Å². The highest BCUT2D eigenvalue weighted by Crippen LogP contribution is 2.41. The fraction of sp³-hybridized carbons (Fsp3) is 0.312. The van der Waals surface area contributed by atoms with Crippen LogP contribution in [0.3, 0.4) is 0 Å². The number of benzene rings is 3. The van der Waals surface area contributed by atoms with Crippen molar-refractivity contribution in [2.75, 3.05) is 13.2 Å². The number of aliphatic hydroxyl groups is 1. The van der Waals surface area contributed by atoms with Crippen molar-refractivity contribution in [3.8, 4) is 11.5 Å². The SMILES string of the molecule is CCCCCOc1cccc(C2/C(=C(\O)c3ccc(OCCC)cc3)C(=O)C(=O)N2Cc2ccccc2)c1. The second-order valence-corrected chi connectivity index (χ2v) is 9.41. The van der Waals surface area contributed by atoms with Gasteiger partial charge in [-0.15, -0.1) is 0 Å². The Morgan fingerprint density at radius 1 is 0.816 bits per heavy atom. The average molecular weight is 514 g/mol. The van der Waals surface area contributed by atoms with Crippen LogP contribution in [0, 0.1) is 0 Å². The molecule has 0 spiro atoms. The fourth-order valence-corrected chi connectivity index (χ4v) is 4.57. The first-order valence-electron chi connectivity index (χ1n) is 13.3. The number of hydrogen-bond donors (Lipinski definition) is 1. The monoisotopic (exact) mass is 513 g/mol. The smallest absolute Gasteiger partial charge is 0.295 e. The van der Waals surface area contributed by atoms with E-state index >= 15 is 0 Å². The van der Waals surface area contributed by atoms with Crippen LogP contribution >= 0.6 is 0 Å². The maximum absolute atomic E-state index is 13.4. The zero-order valence-electron chi connectivity index (χ0n) is 22.1. The number of carbonyl (C=O) groups is 2. The maximum atomic E-state index is 13.4. The Hall–Kier alpha value is -4.06. The molecule has 1 amide bonds. The molecule has 0 aliphatic carbocycles. The number of aliphatic hydroxyl groups excluding tert-OH is 1. The molecule has 0 saturated carbocycles. The fourth-order valence-electron chi connectivity index (χ4n) is 4.57. The van der Waals surface area contributed by atoms with Crippen molar-refractivity contribution in [2.45, 2.75) is 52.1 Å². The largest absolute Gasteiger partial charge is 0.507 e. The Labute approximate surface area is 224 Å². The molecule has 1 N–H and O–H groups in total. The van der Waals surface area contributed by atoms with E-state index in [9.17, 15) is 14.7 Å². The molecule has 1 aliphatic rings. The number of amides is 1. The van der Waals surface area contributed by atoms with Gasteiger partial charge in [0.25, 0.3) is 11.7 Å². The summed E-state index contributed by atoms with van der Waals surface area (Å²) in [6.07, 6.45) is 4.02. The van der Waals surface area contributed by atoms with Crippen molar-refractivity contribution < 1.29 is 24.2 Å². The van der Waals surface area contributed by atoms with Crippen LogP contribution in [-0.4, -0.2) is 34.9 Å². The van der Waals surface area contributed by atoms with Crippen molar-refractivity contribution in [3.63, 3.8) is 0 Å². The van der Waals surface area contributed by atoms with Gasteiger partial charge < -0.3 is 19.5 Å². The summed E-state index contributed by atoms with van der Waals surface area (Å²) in [6.45, 7) is 5.58. The molecule has 1 unspecified atom stereocenters. The van der Waals surface area contributed by atoms with Crippen LogP contribution in [0.5, 0.6) is 11.5 Å². The predicted molar refractivity (Wildman–Crippen MR) is 148 cm³/mol. The zero-order chi connectivity index (χ0) is 26.9.